The Labute approximate surface area is 197 Å². The summed E-state index contributed by atoms with van der Waals surface area (Å²) in [7, 11) is -4.20. The Kier molecular flexibility index (Phi) is 5.06. The highest BCUT2D eigenvalue weighted by molar-refractivity contribution is 7.94. The molecule has 0 bridgehead atoms. The average Bonchev–Trinajstić information content (AvgIpc) is 3.18. The molecule has 2 heterocycles. The molecule has 33 heavy (non-hydrogen) atoms. The van der Waals surface area contributed by atoms with E-state index in [0.29, 0.717) is 28.4 Å². The predicted octanol–water partition coefficient (Wildman–Crippen LogP) is 4.06. The van der Waals surface area contributed by atoms with Crippen LogP contribution in [0.4, 0.5) is 11.4 Å². The SMILES string of the molecule is CCc1cccc(N2C(=O)CS(=O)(=O)[C@]23C(=O)N(Cc2ccccc2Cl)c2ccccc23)c1. The maximum atomic E-state index is 14.1. The number of carbonyl (C=O) groups is 2. The zero-order chi connectivity index (χ0) is 23.4. The normalized spacial score (nSPS) is 21.2. The van der Waals surface area contributed by atoms with Gasteiger partial charge in [0.25, 0.3) is 10.8 Å². The van der Waals surface area contributed by atoms with E-state index in [0.717, 1.165) is 5.56 Å². The number of carbonyl (C=O) groups excluding carboxylic acids is 2. The Hall–Kier alpha value is -3.16. The van der Waals surface area contributed by atoms with Gasteiger partial charge in [-0.3, -0.25) is 14.5 Å². The van der Waals surface area contributed by atoms with Crippen LogP contribution < -0.4 is 9.80 Å². The second-order valence-electron chi connectivity index (χ2n) is 8.16. The third kappa shape index (κ3) is 3.03. The number of amides is 2. The second kappa shape index (κ2) is 7.71. The van der Waals surface area contributed by atoms with Crippen molar-refractivity contribution in [2.45, 2.75) is 24.8 Å². The molecule has 6 nitrogen and oxygen atoms in total. The highest BCUT2D eigenvalue weighted by Crippen LogP contribution is 2.53. The summed E-state index contributed by atoms with van der Waals surface area (Å²) in [5.41, 5.74) is 2.75. The summed E-state index contributed by atoms with van der Waals surface area (Å²) < 4.78 is 27.3. The summed E-state index contributed by atoms with van der Waals surface area (Å²) in [6.45, 7) is 2.06. The molecule has 3 aromatic rings. The lowest BCUT2D eigenvalue weighted by molar-refractivity contribution is -0.123. The van der Waals surface area contributed by atoms with Gasteiger partial charge in [-0.2, -0.15) is 0 Å². The van der Waals surface area contributed by atoms with Crippen LogP contribution in [0.2, 0.25) is 5.02 Å². The topological polar surface area (TPSA) is 74.8 Å². The molecule has 168 valence electrons. The number of sulfone groups is 1. The Balaban J connectivity index is 1.75. The summed E-state index contributed by atoms with van der Waals surface area (Å²) >= 11 is 6.35. The van der Waals surface area contributed by atoms with Gasteiger partial charge in [-0.1, -0.05) is 67.1 Å². The van der Waals surface area contributed by atoms with Gasteiger partial charge < -0.3 is 4.90 Å². The summed E-state index contributed by atoms with van der Waals surface area (Å²) in [5.74, 6) is -2.02. The van der Waals surface area contributed by atoms with Crippen LogP contribution >= 0.6 is 11.6 Å². The van der Waals surface area contributed by atoms with Gasteiger partial charge in [0.15, 0.2) is 9.84 Å². The molecule has 2 aliphatic rings. The van der Waals surface area contributed by atoms with E-state index < -0.39 is 32.3 Å². The zero-order valence-corrected chi connectivity index (χ0v) is 19.4. The van der Waals surface area contributed by atoms with Crippen LogP contribution in [0.25, 0.3) is 0 Å². The van der Waals surface area contributed by atoms with E-state index in [9.17, 15) is 18.0 Å². The molecule has 0 aromatic heterocycles. The molecule has 1 atom stereocenters. The van der Waals surface area contributed by atoms with E-state index in [1.54, 1.807) is 60.7 Å². The molecule has 1 saturated heterocycles. The van der Waals surface area contributed by atoms with Crippen LogP contribution in [-0.2, 0) is 37.3 Å². The molecule has 0 saturated carbocycles. The van der Waals surface area contributed by atoms with Crippen molar-refractivity contribution in [2.24, 2.45) is 0 Å². The lowest BCUT2D eigenvalue weighted by atomic mass is 10.0. The summed E-state index contributed by atoms with van der Waals surface area (Å²) in [6, 6.07) is 21.0. The van der Waals surface area contributed by atoms with Crippen molar-refractivity contribution >= 4 is 44.6 Å². The molecule has 2 aliphatic heterocycles. The van der Waals surface area contributed by atoms with Crippen molar-refractivity contribution in [1.82, 2.24) is 0 Å². The number of anilines is 2. The number of hydrogen-bond donors (Lipinski definition) is 0. The number of halogens is 1. The van der Waals surface area contributed by atoms with Gasteiger partial charge in [0, 0.05) is 16.3 Å². The number of aryl methyl sites for hydroxylation is 1. The lowest BCUT2D eigenvalue weighted by Gasteiger charge is -2.33. The maximum absolute atomic E-state index is 14.1. The molecule has 0 radical (unpaired) electrons. The molecule has 3 aromatic carbocycles. The van der Waals surface area contributed by atoms with E-state index in [1.807, 2.05) is 19.1 Å². The molecule has 0 aliphatic carbocycles. The minimum Gasteiger partial charge on any atom is -0.304 e. The summed E-state index contributed by atoms with van der Waals surface area (Å²) in [5, 5.41) is 0.474. The Bertz CT molecular complexity index is 1400. The molecular weight excluding hydrogens is 460 g/mol. The van der Waals surface area contributed by atoms with Crippen LogP contribution in [0.1, 0.15) is 23.6 Å². The quantitative estimate of drug-likeness (QED) is 0.564. The van der Waals surface area contributed by atoms with Gasteiger partial charge in [-0.25, -0.2) is 8.42 Å². The minimum absolute atomic E-state index is 0.0871. The second-order valence-corrected chi connectivity index (χ2v) is 10.7. The molecule has 1 fully saturated rings. The molecule has 8 heteroatoms. The van der Waals surface area contributed by atoms with Crippen LogP contribution in [0, 0.1) is 0 Å². The van der Waals surface area contributed by atoms with Crippen LogP contribution in [0.3, 0.4) is 0 Å². The van der Waals surface area contributed by atoms with E-state index in [4.69, 9.17) is 11.6 Å². The van der Waals surface area contributed by atoms with E-state index in [2.05, 4.69) is 0 Å². The van der Waals surface area contributed by atoms with Crippen LogP contribution in [-0.4, -0.2) is 26.0 Å². The fourth-order valence-corrected chi connectivity index (χ4v) is 6.99. The van der Waals surface area contributed by atoms with Gasteiger partial charge in [-0.05, 0) is 41.8 Å². The van der Waals surface area contributed by atoms with Crippen molar-refractivity contribution in [3.05, 3.63) is 94.5 Å². The smallest absolute Gasteiger partial charge is 0.274 e. The fraction of sp³-hybridized carbons (Fsp3) is 0.200. The third-order valence-corrected chi connectivity index (χ3v) is 8.76. The maximum Gasteiger partial charge on any atom is 0.274 e. The molecule has 5 rings (SSSR count). The van der Waals surface area contributed by atoms with Crippen molar-refractivity contribution in [1.29, 1.82) is 0 Å². The molecule has 0 unspecified atom stereocenters. The summed E-state index contributed by atoms with van der Waals surface area (Å²) in [6.07, 6.45) is 0.707. The Morgan fingerprint density at radius 1 is 0.970 bits per heavy atom. The van der Waals surface area contributed by atoms with E-state index in [1.165, 1.54) is 9.80 Å². The number of hydrogen-bond acceptors (Lipinski definition) is 4. The highest BCUT2D eigenvalue weighted by atomic mass is 35.5. The number of para-hydroxylation sites is 1. The molecular formula is C25H21ClN2O4S. The van der Waals surface area contributed by atoms with Crippen molar-refractivity contribution < 1.29 is 18.0 Å². The Morgan fingerprint density at radius 3 is 2.45 bits per heavy atom. The monoisotopic (exact) mass is 480 g/mol. The van der Waals surface area contributed by atoms with Crippen molar-refractivity contribution in [3.8, 4) is 0 Å². The van der Waals surface area contributed by atoms with Crippen LogP contribution in [0.15, 0.2) is 72.8 Å². The van der Waals surface area contributed by atoms with Gasteiger partial charge in [0.2, 0.25) is 5.91 Å². The zero-order valence-electron chi connectivity index (χ0n) is 17.9. The molecule has 1 spiro atoms. The Morgan fingerprint density at radius 2 is 1.70 bits per heavy atom. The third-order valence-electron chi connectivity index (χ3n) is 6.29. The number of benzene rings is 3. The van der Waals surface area contributed by atoms with E-state index >= 15 is 0 Å². The van der Waals surface area contributed by atoms with Gasteiger partial charge >= 0.3 is 0 Å². The summed E-state index contributed by atoms with van der Waals surface area (Å²) in [4.78, 5) is 27.7. The highest BCUT2D eigenvalue weighted by Gasteiger charge is 2.69. The first kappa shape index (κ1) is 21.7. The standard InChI is InChI=1S/C25H21ClN2O4S/c1-2-17-8-7-10-19(14-17)28-23(29)16-33(31,32)25(28)20-11-4-6-13-22(20)27(24(25)30)15-18-9-3-5-12-21(18)26/h3-14H,2,15-16H2,1H3/t25-/m1/s1. The van der Waals surface area contributed by atoms with E-state index in [-0.39, 0.29) is 12.1 Å². The van der Waals surface area contributed by atoms with Gasteiger partial charge in [0.05, 0.1) is 12.2 Å². The average molecular weight is 481 g/mol. The van der Waals surface area contributed by atoms with Crippen molar-refractivity contribution in [3.63, 3.8) is 0 Å². The largest absolute Gasteiger partial charge is 0.304 e. The first-order chi connectivity index (χ1) is 15.8. The number of fused-ring (bicyclic) bond motifs is 2. The predicted molar refractivity (Wildman–Crippen MR) is 128 cm³/mol. The van der Waals surface area contributed by atoms with Gasteiger partial charge in [0.1, 0.15) is 5.75 Å². The number of nitrogens with zero attached hydrogens (tertiary/aromatic N) is 2. The molecule has 0 N–H and O–H groups in total. The minimum atomic E-state index is -4.20. The first-order valence-electron chi connectivity index (χ1n) is 10.6. The van der Waals surface area contributed by atoms with Crippen molar-refractivity contribution in [2.75, 3.05) is 15.6 Å². The first-order valence-corrected chi connectivity index (χ1v) is 12.6. The van der Waals surface area contributed by atoms with Crippen LogP contribution in [0.5, 0.6) is 0 Å². The number of rotatable bonds is 4. The molecule has 2 amide bonds. The fourth-order valence-electron chi connectivity index (χ4n) is 4.76. The van der Waals surface area contributed by atoms with Gasteiger partial charge in [-0.15, -0.1) is 0 Å². The lowest BCUT2D eigenvalue weighted by Crippen LogP contribution is -2.54.